The van der Waals surface area contributed by atoms with Crippen LogP contribution in [0.4, 0.5) is 0 Å². The van der Waals surface area contributed by atoms with E-state index in [0.717, 1.165) is 54.8 Å². The van der Waals surface area contributed by atoms with Gasteiger partial charge in [0.25, 0.3) is 0 Å². The first kappa shape index (κ1) is 19.0. The molecule has 142 valence electrons. The molecule has 0 fully saturated rings. The van der Waals surface area contributed by atoms with Gasteiger partial charge in [0.2, 0.25) is 6.41 Å². The number of carbonyl (C=O) groups excluding carboxylic acids is 1. The van der Waals surface area contributed by atoms with E-state index in [0.29, 0.717) is 13.2 Å². The number of rotatable bonds is 10. The van der Waals surface area contributed by atoms with Gasteiger partial charge < -0.3 is 14.6 Å². The summed E-state index contributed by atoms with van der Waals surface area (Å²) in [6, 6.07) is 14.4. The second-order valence-electron chi connectivity index (χ2n) is 6.79. The summed E-state index contributed by atoms with van der Waals surface area (Å²) in [4.78, 5) is 15.2. The van der Waals surface area contributed by atoms with Crippen molar-refractivity contribution in [2.45, 2.75) is 39.7 Å². The number of nitrogens with one attached hydrogen (secondary N) is 1. The fourth-order valence-electron chi connectivity index (χ4n) is 3.19. The van der Waals surface area contributed by atoms with Gasteiger partial charge in [-0.3, -0.25) is 4.79 Å². The van der Waals surface area contributed by atoms with Gasteiger partial charge in [-0.05, 0) is 62.1 Å². The number of amides is 1. The molecule has 0 atom stereocenters. The average Bonchev–Trinajstić information content (AvgIpc) is 3.03. The monoisotopic (exact) mass is 365 g/mol. The number of carbonyl (C=O) groups is 1. The number of hydrogen-bond donors (Lipinski definition) is 1. The molecular weight excluding hydrogens is 338 g/mol. The maximum atomic E-state index is 10.4. The quantitative estimate of drug-likeness (QED) is 0.439. The van der Waals surface area contributed by atoms with Crippen LogP contribution in [0.5, 0.6) is 5.75 Å². The van der Waals surface area contributed by atoms with Crippen molar-refractivity contribution in [2.75, 3.05) is 13.2 Å². The fraction of sp³-hybridized carbons (Fsp3) is 0.364. The van der Waals surface area contributed by atoms with E-state index >= 15 is 0 Å². The van der Waals surface area contributed by atoms with Crippen LogP contribution in [0.2, 0.25) is 0 Å². The van der Waals surface area contributed by atoms with Crippen molar-refractivity contribution in [3.63, 3.8) is 0 Å². The van der Waals surface area contributed by atoms with Gasteiger partial charge >= 0.3 is 0 Å². The van der Waals surface area contributed by atoms with Crippen LogP contribution < -0.4 is 10.1 Å². The van der Waals surface area contributed by atoms with Gasteiger partial charge in [-0.1, -0.05) is 18.2 Å². The van der Waals surface area contributed by atoms with Crippen LogP contribution in [0.3, 0.4) is 0 Å². The molecule has 1 amide bonds. The largest absolute Gasteiger partial charge is 0.494 e. The highest BCUT2D eigenvalue weighted by Crippen LogP contribution is 2.19. The summed E-state index contributed by atoms with van der Waals surface area (Å²) >= 11 is 0. The molecule has 1 heterocycles. The first-order valence-electron chi connectivity index (χ1n) is 9.50. The average molecular weight is 365 g/mol. The summed E-state index contributed by atoms with van der Waals surface area (Å²) < 4.78 is 8.20. The number of aryl methyl sites for hydroxylation is 4. The molecule has 1 N–H and O–H groups in total. The van der Waals surface area contributed by atoms with E-state index in [1.165, 1.54) is 11.1 Å². The molecule has 0 saturated heterocycles. The molecule has 0 radical (unpaired) electrons. The predicted octanol–water partition coefficient (Wildman–Crippen LogP) is 3.80. The lowest BCUT2D eigenvalue weighted by Gasteiger charge is -2.11. The molecule has 0 spiro atoms. The van der Waals surface area contributed by atoms with E-state index in [-0.39, 0.29) is 0 Å². The Kier molecular flexibility index (Phi) is 6.47. The second-order valence-corrected chi connectivity index (χ2v) is 6.79. The molecule has 3 aromatic rings. The Bertz CT molecular complexity index is 902. The summed E-state index contributed by atoms with van der Waals surface area (Å²) in [5, 5.41) is 2.71. The lowest BCUT2D eigenvalue weighted by atomic mass is 10.1. The molecular formula is C22H27N3O2. The third-order valence-electron chi connectivity index (χ3n) is 4.81. The summed E-state index contributed by atoms with van der Waals surface area (Å²) in [5.74, 6) is 1.99. The minimum absolute atomic E-state index is 0.668. The van der Waals surface area contributed by atoms with E-state index in [2.05, 4.69) is 41.9 Å². The Morgan fingerprint density at radius 1 is 1.11 bits per heavy atom. The van der Waals surface area contributed by atoms with Crippen molar-refractivity contribution in [1.82, 2.24) is 14.9 Å². The van der Waals surface area contributed by atoms with Crippen molar-refractivity contribution >= 4 is 17.4 Å². The van der Waals surface area contributed by atoms with Gasteiger partial charge in [0, 0.05) is 19.5 Å². The smallest absolute Gasteiger partial charge is 0.207 e. The number of nitrogens with zero attached hydrogens (tertiary/aromatic N) is 2. The van der Waals surface area contributed by atoms with Gasteiger partial charge in [-0.15, -0.1) is 0 Å². The molecule has 5 nitrogen and oxygen atoms in total. The number of imidazole rings is 1. The molecule has 27 heavy (non-hydrogen) atoms. The number of fused-ring (bicyclic) bond motifs is 1. The summed E-state index contributed by atoms with van der Waals surface area (Å²) in [6.45, 7) is 6.41. The Hall–Kier alpha value is -2.82. The predicted molar refractivity (Wildman–Crippen MR) is 108 cm³/mol. The molecule has 0 aliphatic rings. The standard InChI is InChI=1S/C22H27N3O2/c1-17-10-11-19(15-18(17)2)27-14-6-13-25-21-8-4-3-7-20(21)24-22(25)9-5-12-23-16-26/h3-4,7-8,10-11,15-16H,5-6,9,12-14H2,1-2H3,(H,23,26). The highest BCUT2D eigenvalue weighted by molar-refractivity contribution is 5.75. The van der Waals surface area contributed by atoms with Crippen LogP contribution in [0, 0.1) is 13.8 Å². The first-order chi connectivity index (χ1) is 13.2. The topological polar surface area (TPSA) is 56.1 Å². The Morgan fingerprint density at radius 3 is 2.78 bits per heavy atom. The van der Waals surface area contributed by atoms with Crippen LogP contribution in [0.1, 0.15) is 29.8 Å². The third kappa shape index (κ3) is 4.88. The number of ether oxygens (including phenoxy) is 1. The van der Waals surface area contributed by atoms with E-state index < -0.39 is 0 Å². The van der Waals surface area contributed by atoms with Gasteiger partial charge in [-0.25, -0.2) is 4.98 Å². The molecule has 2 aromatic carbocycles. The second kappa shape index (κ2) is 9.21. The van der Waals surface area contributed by atoms with E-state index in [9.17, 15) is 4.79 Å². The van der Waals surface area contributed by atoms with Crippen molar-refractivity contribution in [1.29, 1.82) is 0 Å². The van der Waals surface area contributed by atoms with Crippen LogP contribution in [0.25, 0.3) is 11.0 Å². The Morgan fingerprint density at radius 2 is 1.96 bits per heavy atom. The number of hydrogen-bond acceptors (Lipinski definition) is 3. The number of benzene rings is 2. The first-order valence-corrected chi connectivity index (χ1v) is 9.50. The normalized spacial score (nSPS) is 10.9. The molecule has 0 unspecified atom stereocenters. The Labute approximate surface area is 160 Å². The maximum absolute atomic E-state index is 10.4. The molecule has 0 aliphatic carbocycles. The zero-order valence-corrected chi connectivity index (χ0v) is 16.1. The lowest BCUT2D eigenvalue weighted by molar-refractivity contribution is -0.109. The van der Waals surface area contributed by atoms with Crippen LogP contribution in [-0.2, 0) is 17.8 Å². The van der Waals surface area contributed by atoms with Gasteiger partial charge in [-0.2, -0.15) is 0 Å². The van der Waals surface area contributed by atoms with E-state index in [1.807, 2.05) is 24.3 Å². The third-order valence-corrected chi connectivity index (χ3v) is 4.81. The number of aromatic nitrogens is 2. The van der Waals surface area contributed by atoms with Crippen molar-refractivity contribution in [2.24, 2.45) is 0 Å². The minimum atomic E-state index is 0.668. The molecule has 0 aliphatic heterocycles. The molecule has 0 bridgehead atoms. The highest BCUT2D eigenvalue weighted by Gasteiger charge is 2.10. The highest BCUT2D eigenvalue weighted by atomic mass is 16.5. The Balaban J connectivity index is 1.62. The SMILES string of the molecule is Cc1ccc(OCCCn2c(CCCNC=O)nc3ccccc32)cc1C. The van der Waals surface area contributed by atoms with E-state index in [1.54, 1.807) is 0 Å². The fourth-order valence-corrected chi connectivity index (χ4v) is 3.19. The number of para-hydroxylation sites is 2. The molecule has 1 aromatic heterocycles. The van der Waals surface area contributed by atoms with Crippen LogP contribution in [-0.4, -0.2) is 29.1 Å². The van der Waals surface area contributed by atoms with Gasteiger partial charge in [0.15, 0.2) is 0 Å². The summed E-state index contributed by atoms with van der Waals surface area (Å²) in [5.41, 5.74) is 4.70. The molecule has 0 saturated carbocycles. The van der Waals surface area contributed by atoms with Crippen LogP contribution in [0.15, 0.2) is 42.5 Å². The minimum Gasteiger partial charge on any atom is -0.494 e. The zero-order chi connectivity index (χ0) is 19.1. The van der Waals surface area contributed by atoms with Crippen molar-refractivity contribution in [3.05, 3.63) is 59.4 Å². The maximum Gasteiger partial charge on any atom is 0.207 e. The zero-order valence-electron chi connectivity index (χ0n) is 16.1. The lowest BCUT2D eigenvalue weighted by Crippen LogP contribution is -2.14. The van der Waals surface area contributed by atoms with Crippen molar-refractivity contribution in [3.8, 4) is 5.75 Å². The van der Waals surface area contributed by atoms with Crippen molar-refractivity contribution < 1.29 is 9.53 Å². The summed E-state index contributed by atoms with van der Waals surface area (Å²) in [6.07, 6.45) is 3.37. The van der Waals surface area contributed by atoms with Gasteiger partial charge in [0.05, 0.1) is 17.6 Å². The molecule has 5 heteroatoms. The summed E-state index contributed by atoms with van der Waals surface area (Å²) in [7, 11) is 0. The van der Waals surface area contributed by atoms with Gasteiger partial charge in [0.1, 0.15) is 11.6 Å². The van der Waals surface area contributed by atoms with Crippen LogP contribution >= 0.6 is 0 Å². The van der Waals surface area contributed by atoms with E-state index in [4.69, 9.17) is 9.72 Å². The molecule has 3 rings (SSSR count).